The van der Waals surface area contributed by atoms with E-state index in [0.29, 0.717) is 16.9 Å². The predicted octanol–water partition coefficient (Wildman–Crippen LogP) is 8.11. The van der Waals surface area contributed by atoms with E-state index in [9.17, 15) is 0 Å². The molecule has 0 radical (unpaired) electrons. The van der Waals surface area contributed by atoms with Crippen LogP contribution in [0.5, 0.6) is 0 Å². The lowest BCUT2D eigenvalue weighted by Crippen LogP contribution is -2.38. The zero-order valence-corrected chi connectivity index (χ0v) is 26.0. The Labute approximate surface area is 254 Å². The van der Waals surface area contributed by atoms with Gasteiger partial charge < -0.3 is 19.7 Å². The summed E-state index contributed by atoms with van der Waals surface area (Å²) in [7, 11) is 0. The number of anilines is 2. The molecule has 41 heavy (non-hydrogen) atoms. The van der Waals surface area contributed by atoms with Gasteiger partial charge in [0.25, 0.3) is 0 Å². The molecule has 2 aliphatic rings. The SMILES string of the molecule is Cc1c([C@H]2[C@H](c3ccccn3)NC(=S)N2c2ccc(N3C[C@H](C)C[C@H](C)C3)c(Cl)c2)c(C)n(-c2ccccc2)c1C. The van der Waals surface area contributed by atoms with Crippen molar-refractivity contribution in [3.05, 3.63) is 106 Å². The van der Waals surface area contributed by atoms with Crippen LogP contribution in [0.25, 0.3) is 5.69 Å². The van der Waals surface area contributed by atoms with Crippen LogP contribution in [0.1, 0.15) is 60.6 Å². The molecule has 0 bridgehead atoms. The highest BCUT2D eigenvalue weighted by molar-refractivity contribution is 7.80. The van der Waals surface area contributed by atoms with Crippen molar-refractivity contribution >= 4 is 40.3 Å². The van der Waals surface area contributed by atoms with Crippen LogP contribution in [0.2, 0.25) is 5.02 Å². The van der Waals surface area contributed by atoms with Crippen LogP contribution < -0.4 is 15.1 Å². The lowest BCUT2D eigenvalue weighted by atomic mass is 9.91. The molecule has 6 rings (SSSR count). The lowest BCUT2D eigenvalue weighted by Gasteiger charge is -2.37. The van der Waals surface area contributed by atoms with Gasteiger partial charge in [0.1, 0.15) is 0 Å². The highest BCUT2D eigenvalue weighted by Gasteiger charge is 2.43. The lowest BCUT2D eigenvalue weighted by molar-refractivity contribution is 0.357. The topological polar surface area (TPSA) is 36.3 Å². The molecule has 4 atom stereocenters. The van der Waals surface area contributed by atoms with E-state index in [1.54, 1.807) is 0 Å². The van der Waals surface area contributed by atoms with Gasteiger partial charge in [-0.15, -0.1) is 0 Å². The van der Waals surface area contributed by atoms with Crippen LogP contribution >= 0.6 is 23.8 Å². The fourth-order valence-corrected chi connectivity index (χ4v) is 7.73. The molecule has 2 fully saturated rings. The van der Waals surface area contributed by atoms with E-state index >= 15 is 0 Å². The summed E-state index contributed by atoms with van der Waals surface area (Å²) in [6.45, 7) is 13.4. The Kier molecular flexibility index (Phi) is 7.56. The molecule has 2 aromatic heterocycles. The van der Waals surface area contributed by atoms with Gasteiger partial charge in [0.05, 0.1) is 28.5 Å². The normalized spacial score (nSPS) is 22.7. The average Bonchev–Trinajstić information content (AvgIpc) is 3.40. The first-order valence-corrected chi connectivity index (χ1v) is 15.3. The van der Waals surface area contributed by atoms with Crippen molar-refractivity contribution < 1.29 is 0 Å². The number of rotatable bonds is 5. The Hall–Kier alpha value is -3.35. The number of nitrogens with zero attached hydrogens (tertiary/aromatic N) is 4. The smallest absolute Gasteiger partial charge is 0.174 e. The number of thiocarbonyl (C=S) groups is 1. The standard InChI is InChI=1S/C34H38ClN5S/c1-21-17-22(2)20-38(19-21)30-15-14-27(18-28(30)35)40-33(32(37-34(40)41)29-13-9-10-16-36-29)31-23(3)24(4)39(25(31)5)26-11-7-6-8-12-26/h6-16,18,21-22,32-33H,17,19-20H2,1-5H3,(H,37,41)/t21-,22+,32-,33-/m0/s1. The first kappa shape index (κ1) is 27.8. The summed E-state index contributed by atoms with van der Waals surface area (Å²) < 4.78 is 2.36. The first-order chi connectivity index (χ1) is 19.7. The molecule has 2 aliphatic heterocycles. The molecule has 212 valence electrons. The average molecular weight is 584 g/mol. The van der Waals surface area contributed by atoms with Crippen LogP contribution in [0.3, 0.4) is 0 Å². The molecule has 0 unspecified atom stereocenters. The minimum Gasteiger partial charge on any atom is -0.370 e. The van der Waals surface area contributed by atoms with Crippen LogP contribution in [-0.4, -0.2) is 27.8 Å². The van der Waals surface area contributed by atoms with Crippen LogP contribution in [0.4, 0.5) is 11.4 Å². The molecular formula is C34H38ClN5S. The molecular weight excluding hydrogens is 546 g/mol. The van der Waals surface area contributed by atoms with Gasteiger partial charge in [0.15, 0.2) is 5.11 Å². The van der Waals surface area contributed by atoms with E-state index in [1.165, 1.54) is 28.9 Å². The summed E-state index contributed by atoms with van der Waals surface area (Å²) in [5.74, 6) is 1.30. The number of para-hydroxylation sites is 1. The summed E-state index contributed by atoms with van der Waals surface area (Å²) in [6.07, 6.45) is 3.11. The minimum absolute atomic E-state index is 0.0991. The predicted molar refractivity (Wildman–Crippen MR) is 175 cm³/mol. The molecule has 0 amide bonds. The highest BCUT2D eigenvalue weighted by Crippen LogP contribution is 2.46. The number of pyridine rings is 1. The van der Waals surface area contributed by atoms with Gasteiger partial charge in [0.2, 0.25) is 0 Å². The quantitative estimate of drug-likeness (QED) is 0.240. The van der Waals surface area contributed by atoms with Crippen molar-refractivity contribution in [2.45, 2.75) is 53.1 Å². The van der Waals surface area contributed by atoms with E-state index in [0.717, 1.165) is 40.9 Å². The summed E-state index contributed by atoms with van der Waals surface area (Å²) in [5.41, 5.74) is 9.15. The zero-order chi connectivity index (χ0) is 28.8. The monoisotopic (exact) mass is 583 g/mol. The zero-order valence-electron chi connectivity index (χ0n) is 24.4. The van der Waals surface area contributed by atoms with Gasteiger partial charge in [-0.05, 0) is 99.3 Å². The Morgan fingerprint density at radius 3 is 2.24 bits per heavy atom. The molecule has 2 saturated heterocycles. The van der Waals surface area contributed by atoms with Crippen molar-refractivity contribution in [3.8, 4) is 5.69 Å². The van der Waals surface area contributed by atoms with Crippen molar-refractivity contribution in [3.63, 3.8) is 0 Å². The Morgan fingerprint density at radius 2 is 1.59 bits per heavy atom. The second kappa shape index (κ2) is 11.1. The largest absolute Gasteiger partial charge is 0.370 e. The van der Waals surface area contributed by atoms with Gasteiger partial charge in [0, 0.05) is 47.6 Å². The van der Waals surface area contributed by atoms with Gasteiger partial charge in [-0.25, -0.2) is 0 Å². The molecule has 0 aliphatic carbocycles. The van der Waals surface area contributed by atoms with Gasteiger partial charge in [-0.1, -0.05) is 49.7 Å². The minimum atomic E-state index is -0.116. The third-order valence-electron chi connectivity index (χ3n) is 8.83. The third kappa shape index (κ3) is 5.02. The molecule has 1 N–H and O–H groups in total. The Bertz CT molecular complexity index is 1560. The van der Waals surface area contributed by atoms with Crippen molar-refractivity contribution in [1.29, 1.82) is 0 Å². The number of halogens is 1. The van der Waals surface area contributed by atoms with Crippen LogP contribution in [0.15, 0.2) is 72.9 Å². The van der Waals surface area contributed by atoms with Crippen molar-refractivity contribution in [2.24, 2.45) is 11.8 Å². The van der Waals surface area contributed by atoms with E-state index in [-0.39, 0.29) is 12.1 Å². The van der Waals surface area contributed by atoms with Gasteiger partial charge >= 0.3 is 0 Å². The van der Waals surface area contributed by atoms with Gasteiger partial charge in [-0.2, -0.15) is 0 Å². The number of hydrogen-bond donors (Lipinski definition) is 1. The number of piperidine rings is 1. The summed E-state index contributed by atoms with van der Waals surface area (Å²) in [5, 5.41) is 5.07. The number of aromatic nitrogens is 2. The van der Waals surface area contributed by atoms with E-state index in [1.807, 2.05) is 18.3 Å². The molecule has 4 aromatic rings. The summed E-state index contributed by atoms with van der Waals surface area (Å²) in [6, 6.07) is 22.9. The fourth-order valence-electron chi connectivity index (χ4n) is 7.09. The number of hydrogen-bond acceptors (Lipinski definition) is 3. The van der Waals surface area contributed by atoms with Crippen molar-refractivity contribution in [2.75, 3.05) is 22.9 Å². The maximum absolute atomic E-state index is 7.05. The molecule has 0 saturated carbocycles. The Morgan fingerprint density at radius 1 is 0.878 bits per heavy atom. The first-order valence-electron chi connectivity index (χ1n) is 14.5. The molecule has 7 heteroatoms. The molecule has 0 spiro atoms. The highest BCUT2D eigenvalue weighted by atomic mass is 35.5. The van der Waals surface area contributed by atoms with Crippen LogP contribution in [0, 0.1) is 32.6 Å². The summed E-state index contributed by atoms with van der Waals surface area (Å²) in [4.78, 5) is 9.45. The number of nitrogens with one attached hydrogen (secondary N) is 1. The third-order valence-corrected chi connectivity index (χ3v) is 9.45. The Balaban J connectivity index is 1.47. The second-order valence-electron chi connectivity index (χ2n) is 11.9. The van der Waals surface area contributed by atoms with Crippen LogP contribution in [-0.2, 0) is 0 Å². The maximum Gasteiger partial charge on any atom is 0.174 e. The van der Waals surface area contributed by atoms with E-state index in [2.05, 4.69) is 109 Å². The van der Waals surface area contributed by atoms with E-state index < -0.39 is 0 Å². The van der Waals surface area contributed by atoms with E-state index in [4.69, 9.17) is 28.8 Å². The summed E-state index contributed by atoms with van der Waals surface area (Å²) >= 11 is 13.1. The number of benzene rings is 2. The molecule has 2 aromatic carbocycles. The molecule has 4 heterocycles. The van der Waals surface area contributed by atoms with Gasteiger partial charge in [-0.3, -0.25) is 4.98 Å². The van der Waals surface area contributed by atoms with Crippen molar-refractivity contribution in [1.82, 2.24) is 14.9 Å². The second-order valence-corrected chi connectivity index (χ2v) is 12.7. The fraction of sp³-hybridized carbons (Fsp3) is 0.353. The maximum atomic E-state index is 7.05. The molecule has 5 nitrogen and oxygen atoms in total.